The Morgan fingerprint density at radius 1 is 1.30 bits per heavy atom. The number of likely N-dealkylation sites (tertiary alicyclic amines) is 1. The number of nitrogens with zero attached hydrogens (tertiary/aromatic N) is 1. The summed E-state index contributed by atoms with van der Waals surface area (Å²) in [4.78, 5) is 14.1. The van der Waals surface area contributed by atoms with Gasteiger partial charge in [-0.1, -0.05) is 36.4 Å². The van der Waals surface area contributed by atoms with Crippen LogP contribution >= 0.6 is 0 Å². The summed E-state index contributed by atoms with van der Waals surface area (Å²) in [5.41, 5.74) is 9.19. The second kappa shape index (κ2) is 6.97. The van der Waals surface area contributed by atoms with Crippen LogP contribution in [0.1, 0.15) is 35.7 Å². The van der Waals surface area contributed by atoms with E-state index >= 15 is 0 Å². The topological polar surface area (TPSA) is 46.3 Å². The lowest BCUT2D eigenvalue weighted by molar-refractivity contribution is 0.100. The number of primary amides is 1. The Labute approximate surface area is 138 Å². The van der Waals surface area contributed by atoms with Crippen molar-refractivity contribution < 1.29 is 4.79 Å². The monoisotopic (exact) mass is 307 g/mol. The summed E-state index contributed by atoms with van der Waals surface area (Å²) in [6.45, 7) is 4.66. The van der Waals surface area contributed by atoms with Crippen molar-refractivity contribution in [2.75, 3.05) is 13.1 Å². The Morgan fingerprint density at radius 3 is 2.74 bits per heavy atom. The average Bonchev–Trinajstić information content (AvgIpc) is 2.98. The van der Waals surface area contributed by atoms with Gasteiger partial charge in [-0.25, -0.2) is 0 Å². The standard InChI is InChI=1S/C20H23N2O/c1-15-5-4-13-22(15)14-12-16-8-10-17(11-9-16)18-6-2-3-7-19(18)20(21)23/h2,6-11,15H,4-5,12-14H2,1H3,(H2,21,23)/t15-/m1/s1. The second-order valence-electron chi connectivity index (χ2n) is 6.31. The van der Waals surface area contributed by atoms with E-state index in [0.29, 0.717) is 11.6 Å². The number of rotatable bonds is 5. The van der Waals surface area contributed by atoms with Crippen molar-refractivity contribution in [1.82, 2.24) is 4.90 Å². The fraction of sp³-hybridized carbons (Fsp3) is 0.350. The summed E-state index contributed by atoms with van der Waals surface area (Å²) in [5.74, 6) is -0.413. The third-order valence-electron chi connectivity index (χ3n) is 4.77. The van der Waals surface area contributed by atoms with Crippen LogP contribution in [0.2, 0.25) is 0 Å². The third kappa shape index (κ3) is 3.62. The van der Waals surface area contributed by atoms with E-state index in [1.165, 1.54) is 24.9 Å². The molecule has 3 nitrogen and oxygen atoms in total. The zero-order valence-electron chi connectivity index (χ0n) is 13.6. The maximum absolute atomic E-state index is 11.5. The van der Waals surface area contributed by atoms with Crippen molar-refractivity contribution in [3.05, 3.63) is 59.7 Å². The quantitative estimate of drug-likeness (QED) is 0.921. The minimum Gasteiger partial charge on any atom is -0.366 e. The van der Waals surface area contributed by atoms with E-state index < -0.39 is 5.91 Å². The lowest BCUT2D eigenvalue weighted by atomic mass is 9.98. The summed E-state index contributed by atoms with van der Waals surface area (Å²) >= 11 is 0. The van der Waals surface area contributed by atoms with E-state index in [0.717, 1.165) is 24.1 Å². The van der Waals surface area contributed by atoms with Gasteiger partial charge in [-0.15, -0.1) is 0 Å². The van der Waals surface area contributed by atoms with Gasteiger partial charge in [0, 0.05) is 18.2 Å². The van der Waals surface area contributed by atoms with Crippen LogP contribution in [-0.4, -0.2) is 29.9 Å². The van der Waals surface area contributed by atoms with Crippen molar-refractivity contribution >= 4 is 5.91 Å². The number of carbonyl (C=O) groups is 1. The summed E-state index contributed by atoms with van der Waals surface area (Å²) < 4.78 is 0. The smallest absolute Gasteiger partial charge is 0.249 e. The van der Waals surface area contributed by atoms with Crippen LogP contribution < -0.4 is 5.73 Å². The fourth-order valence-corrected chi connectivity index (χ4v) is 3.33. The molecule has 0 spiro atoms. The fourth-order valence-electron chi connectivity index (χ4n) is 3.33. The highest BCUT2D eigenvalue weighted by atomic mass is 16.1. The Hall–Kier alpha value is -2.13. The molecule has 0 bridgehead atoms. The molecule has 0 saturated carbocycles. The first-order valence-electron chi connectivity index (χ1n) is 8.28. The van der Waals surface area contributed by atoms with Crippen molar-refractivity contribution in [3.63, 3.8) is 0 Å². The molecule has 1 radical (unpaired) electrons. The number of hydrogen-bond acceptors (Lipinski definition) is 2. The lowest BCUT2D eigenvalue weighted by Gasteiger charge is -2.20. The van der Waals surface area contributed by atoms with Crippen molar-refractivity contribution in [2.45, 2.75) is 32.2 Å². The zero-order valence-corrected chi connectivity index (χ0v) is 13.6. The molecule has 2 N–H and O–H groups in total. The van der Waals surface area contributed by atoms with E-state index in [9.17, 15) is 4.79 Å². The number of hydrogen-bond donors (Lipinski definition) is 1. The maximum Gasteiger partial charge on any atom is 0.249 e. The van der Waals surface area contributed by atoms with Gasteiger partial charge in [0.15, 0.2) is 0 Å². The molecule has 1 saturated heterocycles. The van der Waals surface area contributed by atoms with Crippen LogP contribution in [0.4, 0.5) is 0 Å². The SMILES string of the molecule is C[C@@H]1CCCN1CCc1ccc(-c2cc[c]cc2C(N)=O)cc1. The Bertz CT molecular complexity index is 678. The summed E-state index contributed by atoms with van der Waals surface area (Å²) in [5, 5.41) is 0. The molecule has 3 rings (SSSR count). The van der Waals surface area contributed by atoms with Gasteiger partial charge in [0.2, 0.25) is 5.91 Å². The zero-order chi connectivity index (χ0) is 16.2. The summed E-state index contributed by atoms with van der Waals surface area (Å²) in [6, 6.07) is 17.4. The normalized spacial score (nSPS) is 18.2. The number of nitrogens with two attached hydrogens (primary N) is 1. The molecule has 2 aromatic carbocycles. The van der Waals surface area contributed by atoms with Gasteiger partial charge >= 0.3 is 0 Å². The van der Waals surface area contributed by atoms with Crippen LogP contribution in [0.25, 0.3) is 11.1 Å². The first kappa shape index (κ1) is 15.8. The molecule has 1 aliphatic heterocycles. The van der Waals surface area contributed by atoms with Crippen molar-refractivity contribution in [2.24, 2.45) is 5.73 Å². The molecule has 0 aromatic heterocycles. The Morgan fingerprint density at radius 2 is 2.09 bits per heavy atom. The van der Waals surface area contributed by atoms with E-state index in [1.807, 2.05) is 12.1 Å². The molecule has 1 heterocycles. The largest absolute Gasteiger partial charge is 0.366 e. The maximum atomic E-state index is 11.5. The molecular formula is C20H23N2O. The first-order chi connectivity index (χ1) is 11.1. The average molecular weight is 307 g/mol. The predicted octanol–water partition coefficient (Wildman–Crippen LogP) is 3.28. The van der Waals surface area contributed by atoms with Gasteiger partial charge in [0.25, 0.3) is 0 Å². The molecule has 0 aliphatic carbocycles. The Balaban J connectivity index is 1.71. The molecular weight excluding hydrogens is 284 g/mol. The molecule has 119 valence electrons. The van der Waals surface area contributed by atoms with Gasteiger partial charge < -0.3 is 10.6 Å². The molecule has 1 amide bonds. The first-order valence-corrected chi connectivity index (χ1v) is 8.28. The molecule has 3 heteroatoms. The van der Waals surface area contributed by atoms with Gasteiger partial charge in [0.05, 0.1) is 0 Å². The molecule has 0 unspecified atom stereocenters. The number of benzene rings is 2. The number of amides is 1. The van der Waals surface area contributed by atoms with Crippen LogP contribution in [0.15, 0.2) is 42.5 Å². The van der Waals surface area contributed by atoms with Crippen LogP contribution in [0, 0.1) is 6.07 Å². The van der Waals surface area contributed by atoms with E-state index in [2.05, 4.69) is 42.2 Å². The molecule has 1 aliphatic rings. The second-order valence-corrected chi connectivity index (χ2v) is 6.31. The lowest BCUT2D eigenvalue weighted by Crippen LogP contribution is -2.28. The number of carbonyl (C=O) groups excluding carboxylic acids is 1. The van der Waals surface area contributed by atoms with Gasteiger partial charge in [0.1, 0.15) is 0 Å². The van der Waals surface area contributed by atoms with Crippen molar-refractivity contribution in [1.29, 1.82) is 0 Å². The van der Waals surface area contributed by atoms with Gasteiger partial charge in [-0.05, 0) is 61.6 Å². The van der Waals surface area contributed by atoms with E-state index in [1.54, 1.807) is 6.07 Å². The highest BCUT2D eigenvalue weighted by Crippen LogP contribution is 2.24. The highest BCUT2D eigenvalue weighted by molar-refractivity contribution is 5.99. The van der Waals surface area contributed by atoms with Gasteiger partial charge in [-0.2, -0.15) is 0 Å². The van der Waals surface area contributed by atoms with Crippen LogP contribution in [0.5, 0.6) is 0 Å². The minimum absolute atomic E-state index is 0.413. The van der Waals surface area contributed by atoms with Crippen LogP contribution in [-0.2, 0) is 6.42 Å². The minimum atomic E-state index is -0.413. The van der Waals surface area contributed by atoms with E-state index in [-0.39, 0.29) is 0 Å². The van der Waals surface area contributed by atoms with Gasteiger partial charge in [-0.3, -0.25) is 4.79 Å². The molecule has 1 fully saturated rings. The highest BCUT2D eigenvalue weighted by Gasteiger charge is 2.19. The third-order valence-corrected chi connectivity index (χ3v) is 4.77. The molecule has 2 aromatic rings. The van der Waals surface area contributed by atoms with Crippen LogP contribution in [0.3, 0.4) is 0 Å². The summed E-state index contributed by atoms with van der Waals surface area (Å²) in [6.07, 6.45) is 3.71. The van der Waals surface area contributed by atoms with E-state index in [4.69, 9.17) is 5.73 Å². The Kier molecular flexibility index (Phi) is 4.77. The molecule has 1 atom stereocenters. The predicted molar refractivity (Wildman–Crippen MR) is 93.2 cm³/mol. The summed E-state index contributed by atoms with van der Waals surface area (Å²) in [7, 11) is 0. The van der Waals surface area contributed by atoms with Crippen molar-refractivity contribution in [3.8, 4) is 11.1 Å². The molecule has 23 heavy (non-hydrogen) atoms.